The Morgan fingerprint density at radius 1 is 1.31 bits per heavy atom. The maximum absolute atomic E-state index is 3.36. The first kappa shape index (κ1) is 11.6. The summed E-state index contributed by atoms with van der Waals surface area (Å²) in [6.45, 7) is 4.52. The van der Waals surface area contributed by atoms with Gasteiger partial charge < -0.3 is 5.32 Å². The maximum Gasteiger partial charge on any atom is 0.0342 e. The van der Waals surface area contributed by atoms with Gasteiger partial charge in [0, 0.05) is 10.7 Å². The second-order valence-electron chi connectivity index (χ2n) is 4.31. The fraction of sp³-hybridized carbons (Fsp3) is 0.429. The van der Waals surface area contributed by atoms with Gasteiger partial charge in [-0.3, -0.25) is 0 Å². The van der Waals surface area contributed by atoms with Gasteiger partial charge in [-0.05, 0) is 60.8 Å². The van der Waals surface area contributed by atoms with Crippen molar-refractivity contribution in [3.63, 3.8) is 0 Å². The molecule has 0 bridgehead atoms. The van der Waals surface area contributed by atoms with Crippen LogP contribution in [0.4, 0.5) is 0 Å². The Kier molecular flexibility index (Phi) is 3.62. The summed E-state index contributed by atoms with van der Waals surface area (Å²) in [4.78, 5) is 0. The Morgan fingerprint density at radius 3 is 2.81 bits per heavy atom. The third-order valence-corrected chi connectivity index (χ3v) is 4.30. The molecule has 86 valence electrons. The summed E-state index contributed by atoms with van der Waals surface area (Å²) in [5.74, 6) is 0.606. The lowest BCUT2D eigenvalue weighted by molar-refractivity contribution is 0.483. The van der Waals surface area contributed by atoms with E-state index in [1.165, 1.54) is 22.1 Å². The summed E-state index contributed by atoms with van der Waals surface area (Å²) in [5, 5.41) is 6.90. The van der Waals surface area contributed by atoms with Crippen molar-refractivity contribution in [3.05, 3.63) is 35.2 Å². The molecule has 0 saturated heterocycles. The van der Waals surface area contributed by atoms with E-state index in [4.69, 9.17) is 0 Å². The highest BCUT2D eigenvalue weighted by molar-refractivity contribution is 7.17. The highest BCUT2D eigenvalue weighted by atomic mass is 32.1. The van der Waals surface area contributed by atoms with Gasteiger partial charge in [-0.1, -0.05) is 13.0 Å². The first-order valence-electron chi connectivity index (χ1n) is 5.90. The van der Waals surface area contributed by atoms with Crippen LogP contribution in [0, 0.1) is 0 Å². The van der Waals surface area contributed by atoms with Crippen molar-refractivity contribution in [2.75, 3.05) is 7.05 Å². The lowest BCUT2D eigenvalue weighted by Gasteiger charge is -2.22. The molecular weight excluding hydrogens is 214 g/mol. The van der Waals surface area contributed by atoms with Crippen LogP contribution in [0.1, 0.15) is 31.7 Å². The minimum absolute atomic E-state index is 0.529. The van der Waals surface area contributed by atoms with Crippen LogP contribution in [-0.2, 0) is 0 Å². The van der Waals surface area contributed by atoms with Crippen molar-refractivity contribution in [1.29, 1.82) is 0 Å². The van der Waals surface area contributed by atoms with Gasteiger partial charge >= 0.3 is 0 Å². The van der Waals surface area contributed by atoms with Gasteiger partial charge in [0.05, 0.1) is 0 Å². The van der Waals surface area contributed by atoms with E-state index >= 15 is 0 Å². The molecule has 2 atom stereocenters. The molecule has 0 spiro atoms. The Labute approximate surface area is 101 Å². The second-order valence-corrected chi connectivity index (χ2v) is 5.26. The highest BCUT2D eigenvalue weighted by Crippen LogP contribution is 2.28. The molecule has 0 amide bonds. The van der Waals surface area contributed by atoms with Crippen LogP contribution in [-0.4, -0.2) is 13.1 Å². The molecule has 0 aliphatic rings. The molecule has 16 heavy (non-hydrogen) atoms. The number of thiophene rings is 1. The molecular formula is C14H19NS. The number of likely N-dealkylation sites (N-methyl/N-ethyl adjacent to an activating group) is 1. The van der Waals surface area contributed by atoms with E-state index in [-0.39, 0.29) is 0 Å². The van der Waals surface area contributed by atoms with Gasteiger partial charge in [-0.25, -0.2) is 0 Å². The van der Waals surface area contributed by atoms with Crippen molar-refractivity contribution < 1.29 is 0 Å². The van der Waals surface area contributed by atoms with E-state index in [2.05, 4.69) is 48.8 Å². The molecule has 0 fully saturated rings. The monoisotopic (exact) mass is 233 g/mol. The summed E-state index contributed by atoms with van der Waals surface area (Å²) < 4.78 is 1.38. The predicted molar refractivity (Wildman–Crippen MR) is 73.4 cm³/mol. The van der Waals surface area contributed by atoms with E-state index in [0.29, 0.717) is 12.0 Å². The summed E-state index contributed by atoms with van der Waals surface area (Å²) in [6.07, 6.45) is 1.18. The lowest BCUT2D eigenvalue weighted by Crippen LogP contribution is -2.28. The summed E-state index contributed by atoms with van der Waals surface area (Å²) in [7, 11) is 2.04. The molecule has 2 rings (SSSR count). The molecule has 1 aromatic heterocycles. The zero-order valence-electron chi connectivity index (χ0n) is 10.2. The van der Waals surface area contributed by atoms with Crippen molar-refractivity contribution in [2.45, 2.75) is 32.2 Å². The lowest BCUT2D eigenvalue weighted by atomic mass is 9.89. The van der Waals surface area contributed by atoms with Crippen molar-refractivity contribution in [3.8, 4) is 0 Å². The summed E-state index contributed by atoms with van der Waals surface area (Å²) in [5.41, 5.74) is 1.45. The van der Waals surface area contributed by atoms with Crippen LogP contribution in [0.15, 0.2) is 29.6 Å². The summed E-state index contributed by atoms with van der Waals surface area (Å²) >= 11 is 1.81. The van der Waals surface area contributed by atoms with Crippen LogP contribution in [0.25, 0.3) is 10.1 Å². The number of benzene rings is 1. The van der Waals surface area contributed by atoms with Gasteiger partial charge in [-0.2, -0.15) is 0 Å². The van der Waals surface area contributed by atoms with Crippen LogP contribution >= 0.6 is 11.3 Å². The zero-order chi connectivity index (χ0) is 11.5. The maximum atomic E-state index is 3.36. The smallest absolute Gasteiger partial charge is 0.0342 e. The molecule has 2 heteroatoms. The average molecular weight is 233 g/mol. The first-order chi connectivity index (χ1) is 7.76. The average Bonchev–Trinajstić information content (AvgIpc) is 2.77. The molecule has 1 nitrogen and oxygen atoms in total. The van der Waals surface area contributed by atoms with Gasteiger partial charge in [0.1, 0.15) is 0 Å². The number of nitrogens with one attached hydrogen (secondary N) is 1. The van der Waals surface area contributed by atoms with Crippen molar-refractivity contribution in [1.82, 2.24) is 5.32 Å². The SMILES string of the molecule is CCC(c1ccc2sccc2c1)C(C)NC. The predicted octanol–water partition coefficient (Wildman–Crippen LogP) is 4.00. The zero-order valence-corrected chi connectivity index (χ0v) is 11.0. The third kappa shape index (κ3) is 2.13. The van der Waals surface area contributed by atoms with E-state index in [1.807, 2.05) is 18.4 Å². The number of hydrogen-bond acceptors (Lipinski definition) is 2. The molecule has 1 heterocycles. The number of rotatable bonds is 4. The highest BCUT2D eigenvalue weighted by Gasteiger charge is 2.16. The largest absolute Gasteiger partial charge is 0.317 e. The quantitative estimate of drug-likeness (QED) is 0.841. The van der Waals surface area contributed by atoms with Gasteiger partial charge in [0.2, 0.25) is 0 Å². The second kappa shape index (κ2) is 4.98. The first-order valence-corrected chi connectivity index (χ1v) is 6.78. The Morgan fingerprint density at radius 2 is 2.12 bits per heavy atom. The molecule has 1 N–H and O–H groups in total. The Balaban J connectivity index is 2.36. The van der Waals surface area contributed by atoms with E-state index in [0.717, 1.165) is 0 Å². The van der Waals surface area contributed by atoms with Crippen LogP contribution in [0.2, 0.25) is 0 Å². The molecule has 1 aromatic carbocycles. The number of hydrogen-bond donors (Lipinski definition) is 1. The Bertz CT molecular complexity index is 460. The summed E-state index contributed by atoms with van der Waals surface area (Å²) in [6, 6.07) is 9.61. The van der Waals surface area contributed by atoms with Crippen LogP contribution < -0.4 is 5.32 Å². The Hall–Kier alpha value is -0.860. The molecule has 2 aromatic rings. The van der Waals surface area contributed by atoms with E-state index in [1.54, 1.807) is 0 Å². The van der Waals surface area contributed by atoms with Crippen LogP contribution in [0.3, 0.4) is 0 Å². The molecule has 0 radical (unpaired) electrons. The fourth-order valence-electron chi connectivity index (χ4n) is 2.29. The number of fused-ring (bicyclic) bond motifs is 1. The third-order valence-electron chi connectivity index (χ3n) is 3.40. The van der Waals surface area contributed by atoms with E-state index < -0.39 is 0 Å². The minimum Gasteiger partial charge on any atom is -0.317 e. The molecule has 0 aliphatic heterocycles. The van der Waals surface area contributed by atoms with E-state index in [9.17, 15) is 0 Å². The minimum atomic E-state index is 0.529. The van der Waals surface area contributed by atoms with Crippen molar-refractivity contribution in [2.24, 2.45) is 0 Å². The molecule has 2 unspecified atom stereocenters. The van der Waals surface area contributed by atoms with Gasteiger partial charge in [-0.15, -0.1) is 11.3 Å². The van der Waals surface area contributed by atoms with Crippen LogP contribution in [0.5, 0.6) is 0 Å². The molecule has 0 aliphatic carbocycles. The standard InChI is InChI=1S/C14H19NS/c1-4-13(10(2)15-3)11-5-6-14-12(9-11)7-8-16-14/h5-10,13,15H,4H2,1-3H3. The van der Waals surface area contributed by atoms with Gasteiger partial charge in [0.15, 0.2) is 0 Å². The normalized spacial score (nSPS) is 15.2. The fourth-order valence-corrected chi connectivity index (χ4v) is 3.07. The van der Waals surface area contributed by atoms with Crippen molar-refractivity contribution >= 4 is 21.4 Å². The molecule has 0 saturated carbocycles. The topological polar surface area (TPSA) is 12.0 Å². The van der Waals surface area contributed by atoms with Gasteiger partial charge in [0.25, 0.3) is 0 Å².